The average molecular weight is 413 g/mol. The van der Waals surface area contributed by atoms with Crippen molar-refractivity contribution in [1.29, 1.82) is 0 Å². The van der Waals surface area contributed by atoms with Crippen LogP contribution in [0.15, 0.2) is 64.3 Å². The van der Waals surface area contributed by atoms with E-state index in [0.717, 1.165) is 24.1 Å². The predicted octanol–water partition coefficient (Wildman–Crippen LogP) is 4.51. The fourth-order valence-electron chi connectivity index (χ4n) is 3.61. The maximum atomic E-state index is 12.8. The highest BCUT2D eigenvalue weighted by atomic mass is 35.5. The SMILES string of the molecule is O=C(C[C@H]1C=CCC1)OCC(=O)N1N=C(c2ccc(Cl)cc2)C[C@@H]1c1ccco1. The third-order valence-electron chi connectivity index (χ3n) is 5.11. The Morgan fingerprint density at radius 1 is 1.24 bits per heavy atom. The van der Waals surface area contributed by atoms with Crippen LogP contribution in [0.5, 0.6) is 0 Å². The summed E-state index contributed by atoms with van der Waals surface area (Å²) in [6.45, 7) is -0.343. The van der Waals surface area contributed by atoms with Crippen LogP contribution in [0.2, 0.25) is 5.02 Å². The van der Waals surface area contributed by atoms with Gasteiger partial charge in [-0.15, -0.1) is 0 Å². The maximum absolute atomic E-state index is 12.8. The summed E-state index contributed by atoms with van der Waals surface area (Å²) < 4.78 is 10.7. The number of halogens is 1. The Hall–Kier alpha value is -2.86. The molecule has 1 amide bonds. The molecule has 0 saturated heterocycles. The molecule has 0 unspecified atom stereocenters. The summed E-state index contributed by atoms with van der Waals surface area (Å²) in [5.74, 6) is 0.0829. The zero-order valence-corrected chi connectivity index (χ0v) is 16.5. The zero-order chi connectivity index (χ0) is 20.2. The molecule has 6 nitrogen and oxygen atoms in total. The molecule has 2 atom stereocenters. The van der Waals surface area contributed by atoms with E-state index in [1.807, 2.05) is 24.3 Å². The second-order valence-electron chi connectivity index (χ2n) is 7.16. The number of amides is 1. The third-order valence-corrected chi connectivity index (χ3v) is 5.36. The Bertz CT molecular complexity index is 934. The number of rotatable bonds is 6. The number of carbonyl (C=O) groups is 2. The van der Waals surface area contributed by atoms with Gasteiger partial charge in [0.1, 0.15) is 11.8 Å². The lowest BCUT2D eigenvalue weighted by atomic mass is 10.0. The van der Waals surface area contributed by atoms with E-state index in [1.54, 1.807) is 24.5 Å². The van der Waals surface area contributed by atoms with Crippen molar-refractivity contribution >= 4 is 29.2 Å². The summed E-state index contributed by atoms with van der Waals surface area (Å²) >= 11 is 5.97. The van der Waals surface area contributed by atoms with E-state index in [9.17, 15) is 9.59 Å². The Labute approximate surface area is 173 Å². The summed E-state index contributed by atoms with van der Waals surface area (Å²) in [5.41, 5.74) is 1.63. The van der Waals surface area contributed by atoms with Crippen LogP contribution >= 0.6 is 11.6 Å². The molecule has 1 aliphatic heterocycles. The van der Waals surface area contributed by atoms with E-state index in [-0.39, 0.29) is 30.4 Å². The van der Waals surface area contributed by atoms with Gasteiger partial charge in [0, 0.05) is 11.4 Å². The molecule has 0 N–H and O–H groups in total. The number of furan rings is 1. The number of hydrogen-bond donors (Lipinski definition) is 0. The van der Waals surface area contributed by atoms with E-state index in [1.165, 1.54) is 5.01 Å². The number of carbonyl (C=O) groups excluding carboxylic acids is 2. The highest BCUT2D eigenvalue weighted by molar-refractivity contribution is 6.30. The smallest absolute Gasteiger partial charge is 0.306 e. The third kappa shape index (κ3) is 4.59. The number of hydrazone groups is 1. The van der Waals surface area contributed by atoms with Gasteiger partial charge in [0.05, 0.1) is 18.4 Å². The van der Waals surface area contributed by atoms with Crippen molar-refractivity contribution < 1.29 is 18.7 Å². The Balaban J connectivity index is 1.45. The highest BCUT2D eigenvalue weighted by Gasteiger charge is 2.35. The van der Waals surface area contributed by atoms with Gasteiger partial charge >= 0.3 is 5.97 Å². The summed E-state index contributed by atoms with van der Waals surface area (Å²) in [5, 5.41) is 6.49. The van der Waals surface area contributed by atoms with Gasteiger partial charge in [0.2, 0.25) is 0 Å². The van der Waals surface area contributed by atoms with Crippen LogP contribution in [-0.2, 0) is 14.3 Å². The molecular weight excluding hydrogens is 392 g/mol. The maximum Gasteiger partial charge on any atom is 0.306 e. The molecule has 29 heavy (non-hydrogen) atoms. The largest absolute Gasteiger partial charge is 0.467 e. The van der Waals surface area contributed by atoms with Crippen LogP contribution in [0.3, 0.4) is 0 Å². The molecule has 0 radical (unpaired) electrons. The van der Waals surface area contributed by atoms with E-state index in [0.29, 0.717) is 23.6 Å². The topological polar surface area (TPSA) is 72.1 Å². The molecule has 150 valence electrons. The molecule has 0 bridgehead atoms. The summed E-state index contributed by atoms with van der Waals surface area (Å²) in [6.07, 6.45) is 8.38. The van der Waals surface area contributed by atoms with Crippen molar-refractivity contribution in [1.82, 2.24) is 5.01 Å². The lowest BCUT2D eigenvalue weighted by Crippen LogP contribution is -2.31. The first-order valence-electron chi connectivity index (χ1n) is 9.61. The number of hydrogen-bond acceptors (Lipinski definition) is 5. The second kappa shape index (κ2) is 8.66. The van der Waals surface area contributed by atoms with Crippen molar-refractivity contribution in [3.63, 3.8) is 0 Å². The summed E-state index contributed by atoms with van der Waals surface area (Å²) in [6, 6.07) is 10.5. The molecule has 0 fully saturated rings. The number of benzene rings is 1. The van der Waals surface area contributed by atoms with Crippen molar-refractivity contribution in [3.05, 3.63) is 71.2 Å². The molecule has 0 saturated carbocycles. The van der Waals surface area contributed by atoms with E-state index in [2.05, 4.69) is 11.2 Å². The summed E-state index contributed by atoms with van der Waals surface area (Å²) in [4.78, 5) is 24.8. The van der Waals surface area contributed by atoms with Gasteiger partial charge in [-0.3, -0.25) is 9.59 Å². The Morgan fingerprint density at radius 3 is 2.76 bits per heavy atom. The highest BCUT2D eigenvalue weighted by Crippen LogP contribution is 2.33. The van der Waals surface area contributed by atoms with Gasteiger partial charge in [-0.1, -0.05) is 35.9 Å². The fourth-order valence-corrected chi connectivity index (χ4v) is 3.73. The molecule has 2 heterocycles. The van der Waals surface area contributed by atoms with Gasteiger partial charge in [-0.2, -0.15) is 5.10 Å². The first-order chi connectivity index (χ1) is 14.1. The van der Waals surface area contributed by atoms with Gasteiger partial charge < -0.3 is 9.15 Å². The minimum absolute atomic E-state index is 0.204. The molecule has 0 spiro atoms. The fraction of sp³-hybridized carbons (Fsp3) is 0.318. The molecule has 1 aliphatic carbocycles. The van der Waals surface area contributed by atoms with Crippen LogP contribution in [0.25, 0.3) is 0 Å². The van der Waals surface area contributed by atoms with Gasteiger partial charge in [-0.05, 0) is 48.6 Å². The van der Waals surface area contributed by atoms with Crippen molar-refractivity contribution in [2.45, 2.75) is 31.7 Å². The van der Waals surface area contributed by atoms with Gasteiger partial charge in [0.25, 0.3) is 5.91 Å². The zero-order valence-electron chi connectivity index (χ0n) is 15.8. The van der Waals surface area contributed by atoms with Crippen molar-refractivity contribution in [2.24, 2.45) is 11.0 Å². The average Bonchev–Trinajstić information content (AvgIpc) is 3.47. The van der Waals surface area contributed by atoms with Gasteiger partial charge in [0.15, 0.2) is 6.61 Å². The monoisotopic (exact) mass is 412 g/mol. The first kappa shape index (κ1) is 19.5. The second-order valence-corrected chi connectivity index (χ2v) is 7.59. The molecule has 4 rings (SSSR count). The normalized spacial score (nSPS) is 20.7. The van der Waals surface area contributed by atoms with E-state index >= 15 is 0 Å². The number of nitrogens with zero attached hydrogens (tertiary/aromatic N) is 2. The number of esters is 1. The number of allylic oxidation sites excluding steroid dienone is 2. The molecular formula is C22H21ClN2O4. The van der Waals surface area contributed by atoms with Crippen LogP contribution in [0.1, 0.15) is 43.0 Å². The molecule has 2 aromatic rings. The summed E-state index contributed by atoms with van der Waals surface area (Å²) in [7, 11) is 0. The van der Waals surface area contributed by atoms with E-state index < -0.39 is 0 Å². The van der Waals surface area contributed by atoms with Crippen LogP contribution in [0, 0.1) is 5.92 Å². The molecule has 2 aliphatic rings. The van der Waals surface area contributed by atoms with Crippen LogP contribution < -0.4 is 0 Å². The molecule has 1 aromatic carbocycles. The van der Waals surface area contributed by atoms with Crippen molar-refractivity contribution in [2.75, 3.05) is 6.61 Å². The molecule has 7 heteroatoms. The van der Waals surface area contributed by atoms with E-state index in [4.69, 9.17) is 20.8 Å². The number of ether oxygens (including phenoxy) is 1. The standard InChI is InChI=1S/C22H21ClN2O4/c23-17-9-7-16(8-10-17)18-13-19(20-6-3-11-28-20)25(24-18)21(26)14-29-22(27)12-15-4-1-2-5-15/h1,3-4,6-11,15,19H,2,5,12-14H2/t15-,19+/m0/s1. The molecule has 1 aromatic heterocycles. The van der Waals surface area contributed by atoms with Crippen LogP contribution in [0.4, 0.5) is 0 Å². The predicted molar refractivity (Wildman–Crippen MR) is 108 cm³/mol. The first-order valence-corrected chi connectivity index (χ1v) is 9.99. The lowest BCUT2D eigenvalue weighted by Gasteiger charge is -2.19. The minimum Gasteiger partial charge on any atom is -0.467 e. The minimum atomic E-state index is -0.384. The van der Waals surface area contributed by atoms with Gasteiger partial charge in [-0.25, -0.2) is 5.01 Å². The quantitative estimate of drug-likeness (QED) is 0.517. The van der Waals surface area contributed by atoms with Crippen molar-refractivity contribution in [3.8, 4) is 0 Å². The Kier molecular flexibility index (Phi) is 5.81. The van der Waals surface area contributed by atoms with Crippen LogP contribution in [-0.4, -0.2) is 29.2 Å². The lowest BCUT2D eigenvalue weighted by molar-refractivity contribution is -0.153. The Morgan fingerprint density at radius 2 is 2.07 bits per heavy atom.